The van der Waals surface area contributed by atoms with Gasteiger partial charge in [-0.2, -0.15) is 0 Å². The molecule has 2 heterocycles. The highest BCUT2D eigenvalue weighted by molar-refractivity contribution is 8.01. The fourth-order valence-corrected chi connectivity index (χ4v) is 6.01. The van der Waals surface area contributed by atoms with Crippen molar-refractivity contribution < 1.29 is 24.3 Å². The maximum Gasteiger partial charge on any atom is 0.309 e. The normalized spacial score (nSPS) is 13.3. The molecule has 186 valence electrons. The van der Waals surface area contributed by atoms with E-state index in [0.717, 1.165) is 41.9 Å². The van der Waals surface area contributed by atoms with Crippen molar-refractivity contribution in [3.8, 4) is 0 Å². The number of carboxylic acid groups (broad SMARTS) is 1. The Morgan fingerprint density at radius 2 is 1.78 bits per heavy atom. The van der Waals surface area contributed by atoms with Gasteiger partial charge in [-0.25, -0.2) is 14.9 Å². The van der Waals surface area contributed by atoms with Crippen molar-refractivity contribution in [3.63, 3.8) is 0 Å². The van der Waals surface area contributed by atoms with Gasteiger partial charge < -0.3 is 10.4 Å². The van der Waals surface area contributed by atoms with Crippen LogP contribution in [0.15, 0.2) is 64.0 Å². The van der Waals surface area contributed by atoms with Crippen molar-refractivity contribution in [2.75, 3.05) is 10.2 Å². The Bertz CT molecular complexity index is 1240. The minimum atomic E-state index is -1.06. The summed E-state index contributed by atoms with van der Waals surface area (Å²) in [4.78, 5) is 59.9. The van der Waals surface area contributed by atoms with E-state index in [-0.39, 0.29) is 23.4 Å². The summed E-state index contributed by atoms with van der Waals surface area (Å²) in [6, 6.07) is 14.0. The number of benzene rings is 1. The number of thiazole rings is 1. The molecule has 0 atom stereocenters. The smallest absolute Gasteiger partial charge is 0.309 e. The van der Waals surface area contributed by atoms with Crippen LogP contribution in [-0.4, -0.2) is 38.8 Å². The average Bonchev–Trinajstić information content (AvgIpc) is 3.51. The number of rotatable bonds is 9. The molecule has 36 heavy (non-hydrogen) atoms. The zero-order valence-electron chi connectivity index (χ0n) is 19.3. The molecule has 2 aromatic heterocycles. The summed E-state index contributed by atoms with van der Waals surface area (Å²) in [6.07, 6.45) is 4.08. The van der Waals surface area contributed by atoms with Crippen LogP contribution in [-0.2, 0) is 25.6 Å². The summed E-state index contributed by atoms with van der Waals surface area (Å²) in [5.41, 5.74) is 0.728. The molecule has 0 saturated heterocycles. The second kappa shape index (κ2) is 11.9. The molecule has 2 N–H and O–H groups in total. The van der Waals surface area contributed by atoms with Crippen molar-refractivity contribution in [3.05, 3.63) is 60.4 Å². The number of carbonyl (C=O) groups excluding carboxylic acids is 3. The number of amides is 3. The molecule has 3 aromatic rings. The molecule has 1 saturated carbocycles. The standard InChI is InChI=1S/C25H24N4O5S2/c30-19(15-21(31)29(17-10-2-1-3-11-17)23(34)16-8-4-5-9-16)28-25-27-18(14-22(32)33)24(36-25)35-20-12-6-7-13-26-20/h1-3,6-7,10-13,16H,4-5,8-9,14-15H2,(H,32,33)(H,27,28,30). The second-order valence-corrected chi connectivity index (χ2v) is 10.5. The van der Waals surface area contributed by atoms with E-state index in [0.29, 0.717) is 20.6 Å². The van der Waals surface area contributed by atoms with Gasteiger partial charge in [-0.15, -0.1) is 0 Å². The van der Waals surface area contributed by atoms with Gasteiger partial charge in [-0.1, -0.05) is 60.2 Å². The number of carboxylic acids is 1. The minimum absolute atomic E-state index is 0.177. The van der Waals surface area contributed by atoms with Gasteiger partial charge in [0, 0.05) is 12.1 Å². The molecular weight excluding hydrogens is 500 g/mol. The summed E-state index contributed by atoms with van der Waals surface area (Å²) >= 11 is 2.36. The molecule has 3 amide bonds. The van der Waals surface area contributed by atoms with Crippen LogP contribution in [0.2, 0.25) is 0 Å². The Morgan fingerprint density at radius 3 is 2.44 bits per heavy atom. The van der Waals surface area contributed by atoms with Crippen molar-refractivity contribution in [1.82, 2.24) is 9.97 Å². The highest BCUT2D eigenvalue weighted by Gasteiger charge is 2.33. The molecule has 0 spiro atoms. The number of nitrogens with one attached hydrogen (secondary N) is 1. The topological polar surface area (TPSA) is 130 Å². The van der Waals surface area contributed by atoms with Gasteiger partial charge in [0.05, 0.1) is 22.0 Å². The molecule has 11 heteroatoms. The fraction of sp³-hybridized carbons (Fsp3) is 0.280. The number of aromatic nitrogens is 2. The minimum Gasteiger partial charge on any atom is -0.481 e. The van der Waals surface area contributed by atoms with Crippen LogP contribution < -0.4 is 10.2 Å². The molecule has 0 unspecified atom stereocenters. The molecule has 1 aliphatic rings. The number of para-hydroxylation sites is 1. The predicted molar refractivity (Wildman–Crippen MR) is 136 cm³/mol. The van der Waals surface area contributed by atoms with Gasteiger partial charge in [0.1, 0.15) is 11.4 Å². The maximum atomic E-state index is 13.2. The molecule has 1 fully saturated rings. The van der Waals surface area contributed by atoms with Gasteiger partial charge in [-0.3, -0.25) is 19.2 Å². The van der Waals surface area contributed by atoms with Crippen LogP contribution in [0.4, 0.5) is 10.8 Å². The van der Waals surface area contributed by atoms with E-state index in [1.54, 1.807) is 48.7 Å². The number of nitrogens with zero attached hydrogens (tertiary/aromatic N) is 3. The first-order valence-corrected chi connectivity index (χ1v) is 13.1. The van der Waals surface area contributed by atoms with Crippen molar-refractivity contribution >= 4 is 57.6 Å². The van der Waals surface area contributed by atoms with Gasteiger partial charge in [0.15, 0.2) is 5.13 Å². The zero-order chi connectivity index (χ0) is 25.5. The summed E-state index contributed by atoms with van der Waals surface area (Å²) in [7, 11) is 0. The molecule has 0 radical (unpaired) electrons. The number of anilines is 2. The molecule has 9 nitrogen and oxygen atoms in total. The van der Waals surface area contributed by atoms with E-state index in [1.807, 2.05) is 6.07 Å². The van der Waals surface area contributed by atoms with Crippen LogP contribution in [0, 0.1) is 5.92 Å². The van der Waals surface area contributed by atoms with Crippen molar-refractivity contribution in [2.45, 2.75) is 47.8 Å². The van der Waals surface area contributed by atoms with Crippen LogP contribution in [0.5, 0.6) is 0 Å². The largest absolute Gasteiger partial charge is 0.481 e. The number of hydrogen-bond acceptors (Lipinski definition) is 8. The molecule has 1 aromatic carbocycles. The molecular formula is C25H24N4O5S2. The van der Waals surface area contributed by atoms with E-state index in [2.05, 4.69) is 15.3 Å². The van der Waals surface area contributed by atoms with Gasteiger partial charge in [-0.05, 0) is 37.1 Å². The van der Waals surface area contributed by atoms with Gasteiger partial charge >= 0.3 is 5.97 Å². The Morgan fingerprint density at radius 1 is 1.06 bits per heavy atom. The first-order valence-electron chi connectivity index (χ1n) is 11.4. The monoisotopic (exact) mass is 524 g/mol. The fourth-order valence-electron chi connectivity index (χ4n) is 3.93. The molecule has 0 aliphatic heterocycles. The van der Waals surface area contributed by atoms with E-state index < -0.39 is 24.2 Å². The number of pyridine rings is 1. The summed E-state index contributed by atoms with van der Waals surface area (Å²) < 4.78 is 0.583. The SMILES string of the molecule is O=C(O)Cc1nc(NC(=O)CC(=O)N(C(=O)C2CCCC2)c2ccccc2)sc1Sc1ccccn1. The Hall–Kier alpha value is -3.57. The Balaban J connectivity index is 1.48. The lowest BCUT2D eigenvalue weighted by atomic mass is 10.1. The molecule has 1 aliphatic carbocycles. The van der Waals surface area contributed by atoms with Crippen molar-refractivity contribution in [1.29, 1.82) is 0 Å². The lowest BCUT2D eigenvalue weighted by Crippen LogP contribution is -2.41. The highest BCUT2D eigenvalue weighted by atomic mass is 32.2. The first kappa shape index (κ1) is 25.5. The lowest BCUT2D eigenvalue weighted by Gasteiger charge is -2.23. The van der Waals surface area contributed by atoms with Crippen molar-refractivity contribution in [2.24, 2.45) is 5.92 Å². The number of carbonyl (C=O) groups is 4. The molecule has 0 bridgehead atoms. The summed E-state index contributed by atoms with van der Waals surface area (Å²) in [6.45, 7) is 0. The molecule has 4 rings (SSSR count). The maximum absolute atomic E-state index is 13.2. The number of imide groups is 1. The lowest BCUT2D eigenvalue weighted by molar-refractivity contribution is -0.136. The number of hydrogen-bond donors (Lipinski definition) is 2. The third-order valence-electron chi connectivity index (χ3n) is 5.56. The van der Waals surface area contributed by atoms with E-state index in [9.17, 15) is 24.3 Å². The van der Waals surface area contributed by atoms with E-state index >= 15 is 0 Å². The number of aliphatic carboxylic acids is 1. The van der Waals surface area contributed by atoms with Crippen LogP contribution in [0.3, 0.4) is 0 Å². The summed E-state index contributed by atoms with van der Waals surface area (Å²) in [5, 5.41) is 12.7. The van der Waals surface area contributed by atoms with Crippen LogP contribution in [0.1, 0.15) is 37.8 Å². The van der Waals surface area contributed by atoms with E-state index in [4.69, 9.17) is 0 Å². The highest BCUT2D eigenvalue weighted by Crippen LogP contribution is 2.37. The predicted octanol–water partition coefficient (Wildman–Crippen LogP) is 4.40. The quantitative estimate of drug-likeness (QED) is 0.394. The Labute approximate surface area is 216 Å². The zero-order valence-corrected chi connectivity index (χ0v) is 20.9. The third kappa shape index (κ3) is 6.55. The van der Waals surface area contributed by atoms with Crippen LogP contribution >= 0.6 is 23.1 Å². The first-order chi connectivity index (χ1) is 17.4. The van der Waals surface area contributed by atoms with Crippen LogP contribution in [0.25, 0.3) is 0 Å². The third-order valence-corrected chi connectivity index (χ3v) is 7.74. The average molecular weight is 525 g/mol. The van der Waals surface area contributed by atoms with Gasteiger partial charge in [0.25, 0.3) is 0 Å². The van der Waals surface area contributed by atoms with E-state index in [1.165, 1.54) is 11.8 Å². The second-order valence-electron chi connectivity index (χ2n) is 8.20. The summed E-state index contributed by atoms with van der Waals surface area (Å²) in [5.74, 6) is -2.84. The Kier molecular flexibility index (Phi) is 8.44. The van der Waals surface area contributed by atoms with Gasteiger partial charge in [0.2, 0.25) is 17.7 Å².